The number of hydrogen-bond donors (Lipinski definition) is 1. The van der Waals surface area contributed by atoms with E-state index in [4.69, 9.17) is 9.72 Å². The normalized spacial score (nSPS) is 22.8. The van der Waals surface area contributed by atoms with Crippen molar-refractivity contribution in [2.75, 3.05) is 25.5 Å². The lowest BCUT2D eigenvalue weighted by molar-refractivity contribution is 0.181. The molecule has 0 bridgehead atoms. The van der Waals surface area contributed by atoms with Gasteiger partial charge in [-0.1, -0.05) is 27.7 Å². The highest BCUT2D eigenvalue weighted by Gasteiger charge is 2.31. The number of ether oxygens (including phenoxy) is 1. The number of nitrogens with one attached hydrogen (secondary N) is 1. The fourth-order valence-corrected chi connectivity index (χ4v) is 2.93. The van der Waals surface area contributed by atoms with Gasteiger partial charge in [0.05, 0.1) is 12.3 Å². The maximum absolute atomic E-state index is 5.26. The Kier molecular flexibility index (Phi) is 5.63. The Morgan fingerprint density at radius 2 is 2.00 bits per heavy atom. The quantitative estimate of drug-likeness (QED) is 0.903. The molecule has 1 fully saturated rings. The van der Waals surface area contributed by atoms with E-state index >= 15 is 0 Å². The molecule has 0 aromatic carbocycles. The molecule has 0 spiro atoms. The second kappa shape index (κ2) is 7.14. The van der Waals surface area contributed by atoms with Crippen molar-refractivity contribution in [1.82, 2.24) is 14.9 Å². The van der Waals surface area contributed by atoms with Crippen LogP contribution in [0.15, 0.2) is 6.07 Å². The van der Waals surface area contributed by atoms with E-state index in [-0.39, 0.29) is 5.41 Å². The highest BCUT2D eigenvalue weighted by molar-refractivity contribution is 5.38. The lowest BCUT2D eigenvalue weighted by atomic mass is 9.95. The molecule has 1 aromatic heterocycles. The van der Waals surface area contributed by atoms with Crippen molar-refractivity contribution in [3.63, 3.8) is 0 Å². The first-order chi connectivity index (χ1) is 10.7. The van der Waals surface area contributed by atoms with Crippen molar-refractivity contribution < 1.29 is 4.74 Å². The van der Waals surface area contributed by atoms with Gasteiger partial charge in [0.15, 0.2) is 0 Å². The van der Waals surface area contributed by atoms with E-state index in [1.807, 2.05) is 6.07 Å². The molecular formula is C18H32N4O. The molecule has 23 heavy (non-hydrogen) atoms. The van der Waals surface area contributed by atoms with Crippen LogP contribution in [0.3, 0.4) is 0 Å². The van der Waals surface area contributed by atoms with Gasteiger partial charge in [-0.25, -0.2) is 9.97 Å². The summed E-state index contributed by atoms with van der Waals surface area (Å²) < 4.78 is 5.26. The molecule has 1 aliphatic heterocycles. The molecule has 2 heterocycles. The van der Waals surface area contributed by atoms with Crippen LogP contribution in [0.2, 0.25) is 0 Å². The van der Waals surface area contributed by atoms with Gasteiger partial charge in [-0.2, -0.15) is 0 Å². The molecule has 5 heteroatoms. The molecule has 130 valence electrons. The topological polar surface area (TPSA) is 50.3 Å². The molecule has 1 saturated heterocycles. The van der Waals surface area contributed by atoms with Gasteiger partial charge >= 0.3 is 0 Å². The van der Waals surface area contributed by atoms with Gasteiger partial charge in [0, 0.05) is 43.8 Å². The third-order valence-corrected chi connectivity index (χ3v) is 4.45. The summed E-state index contributed by atoms with van der Waals surface area (Å²) in [6.45, 7) is 16.0. The van der Waals surface area contributed by atoms with Crippen molar-refractivity contribution in [2.24, 2.45) is 5.92 Å². The Morgan fingerprint density at radius 3 is 2.52 bits per heavy atom. The van der Waals surface area contributed by atoms with Crippen molar-refractivity contribution >= 4 is 5.82 Å². The Labute approximate surface area is 140 Å². The van der Waals surface area contributed by atoms with Gasteiger partial charge in [0.2, 0.25) is 0 Å². The van der Waals surface area contributed by atoms with Crippen molar-refractivity contribution in [3.8, 4) is 0 Å². The van der Waals surface area contributed by atoms with E-state index in [1.54, 1.807) is 7.11 Å². The Morgan fingerprint density at radius 1 is 1.30 bits per heavy atom. The van der Waals surface area contributed by atoms with Crippen LogP contribution in [0.4, 0.5) is 5.82 Å². The lowest BCUT2D eigenvalue weighted by Gasteiger charge is -2.22. The molecule has 2 atom stereocenters. The fourth-order valence-electron chi connectivity index (χ4n) is 2.93. The first kappa shape index (κ1) is 18.1. The predicted octanol–water partition coefficient (Wildman–Crippen LogP) is 3.06. The molecule has 1 N–H and O–H groups in total. The number of likely N-dealkylation sites (tertiary alicyclic amines) is 1. The molecule has 5 nitrogen and oxygen atoms in total. The van der Waals surface area contributed by atoms with Crippen LogP contribution in [-0.2, 0) is 16.8 Å². The van der Waals surface area contributed by atoms with Gasteiger partial charge in [-0.3, -0.25) is 4.90 Å². The minimum Gasteiger partial charge on any atom is -0.378 e. The summed E-state index contributed by atoms with van der Waals surface area (Å²) in [6.07, 6.45) is 0. The zero-order valence-corrected chi connectivity index (χ0v) is 15.7. The van der Waals surface area contributed by atoms with E-state index in [2.05, 4.69) is 56.7 Å². The molecule has 0 amide bonds. The number of nitrogens with zero attached hydrogens (tertiary/aromatic N) is 3. The number of hydrogen-bond acceptors (Lipinski definition) is 5. The van der Waals surface area contributed by atoms with Gasteiger partial charge in [0.1, 0.15) is 11.6 Å². The second-order valence-corrected chi connectivity index (χ2v) is 8.03. The van der Waals surface area contributed by atoms with Crippen molar-refractivity contribution in [3.05, 3.63) is 17.6 Å². The number of anilines is 1. The smallest absolute Gasteiger partial charge is 0.136 e. The van der Waals surface area contributed by atoms with E-state index in [0.717, 1.165) is 30.4 Å². The summed E-state index contributed by atoms with van der Waals surface area (Å²) in [5.74, 6) is 2.39. The molecule has 2 unspecified atom stereocenters. The number of rotatable bonds is 5. The SMILES string of the molecule is COCc1cc(NC2CN(C(C)C)CC2C)nc(C(C)(C)C)n1. The van der Waals surface area contributed by atoms with Crippen LogP contribution in [0.25, 0.3) is 0 Å². The minimum absolute atomic E-state index is 0.0779. The third-order valence-electron chi connectivity index (χ3n) is 4.45. The molecular weight excluding hydrogens is 288 g/mol. The van der Waals surface area contributed by atoms with Gasteiger partial charge in [-0.15, -0.1) is 0 Å². The third kappa shape index (κ3) is 4.64. The van der Waals surface area contributed by atoms with E-state index in [0.29, 0.717) is 24.6 Å². The van der Waals surface area contributed by atoms with Crippen LogP contribution < -0.4 is 5.32 Å². The lowest BCUT2D eigenvalue weighted by Crippen LogP contribution is -2.32. The van der Waals surface area contributed by atoms with Gasteiger partial charge < -0.3 is 10.1 Å². The average molecular weight is 320 g/mol. The maximum atomic E-state index is 5.26. The molecule has 0 radical (unpaired) electrons. The summed E-state index contributed by atoms with van der Waals surface area (Å²) >= 11 is 0. The highest BCUT2D eigenvalue weighted by atomic mass is 16.5. The average Bonchev–Trinajstić information content (AvgIpc) is 2.79. The van der Waals surface area contributed by atoms with Crippen molar-refractivity contribution in [1.29, 1.82) is 0 Å². The molecule has 0 aliphatic carbocycles. The summed E-state index contributed by atoms with van der Waals surface area (Å²) in [5.41, 5.74) is 0.854. The van der Waals surface area contributed by atoms with Gasteiger partial charge in [-0.05, 0) is 19.8 Å². The zero-order valence-electron chi connectivity index (χ0n) is 15.7. The fraction of sp³-hybridized carbons (Fsp3) is 0.778. The highest BCUT2D eigenvalue weighted by Crippen LogP contribution is 2.24. The van der Waals surface area contributed by atoms with Crippen LogP contribution >= 0.6 is 0 Å². The monoisotopic (exact) mass is 320 g/mol. The predicted molar refractivity (Wildman–Crippen MR) is 94.7 cm³/mol. The summed E-state index contributed by atoms with van der Waals surface area (Å²) in [5, 5.41) is 3.64. The van der Waals surface area contributed by atoms with E-state index in [9.17, 15) is 0 Å². The van der Waals surface area contributed by atoms with Crippen LogP contribution in [0.1, 0.15) is 53.1 Å². The number of aromatic nitrogens is 2. The molecule has 1 aliphatic rings. The summed E-state index contributed by atoms with van der Waals surface area (Å²) in [7, 11) is 1.70. The molecule has 0 saturated carbocycles. The van der Waals surface area contributed by atoms with Crippen molar-refractivity contribution in [2.45, 2.75) is 65.6 Å². The van der Waals surface area contributed by atoms with Crippen LogP contribution in [0.5, 0.6) is 0 Å². The first-order valence-corrected chi connectivity index (χ1v) is 8.58. The Balaban J connectivity index is 2.20. The molecule has 1 aromatic rings. The second-order valence-electron chi connectivity index (χ2n) is 8.03. The standard InChI is InChI=1S/C18H32N4O/c1-12(2)22-9-13(3)15(10-22)20-16-8-14(11-23-7)19-17(21-16)18(4,5)6/h8,12-13,15H,9-11H2,1-7H3,(H,19,20,21). The van der Waals surface area contributed by atoms with Crippen LogP contribution in [0, 0.1) is 5.92 Å². The van der Waals surface area contributed by atoms with E-state index in [1.165, 1.54) is 0 Å². The van der Waals surface area contributed by atoms with E-state index < -0.39 is 0 Å². The van der Waals surface area contributed by atoms with Crippen LogP contribution in [-0.4, -0.2) is 47.2 Å². The first-order valence-electron chi connectivity index (χ1n) is 8.58. The maximum Gasteiger partial charge on any atom is 0.136 e. The summed E-state index contributed by atoms with van der Waals surface area (Å²) in [4.78, 5) is 11.9. The Hall–Kier alpha value is -1.20. The van der Waals surface area contributed by atoms with Gasteiger partial charge in [0.25, 0.3) is 0 Å². The summed E-state index contributed by atoms with van der Waals surface area (Å²) in [6, 6.07) is 3.03. The Bertz CT molecular complexity index is 524. The zero-order chi connectivity index (χ0) is 17.2. The molecule has 2 rings (SSSR count). The number of methoxy groups -OCH3 is 1. The minimum atomic E-state index is -0.0779. The largest absolute Gasteiger partial charge is 0.378 e.